The summed E-state index contributed by atoms with van der Waals surface area (Å²) in [5.41, 5.74) is 0.340. The van der Waals surface area contributed by atoms with Crippen LogP contribution in [0.2, 0.25) is 0 Å². The van der Waals surface area contributed by atoms with Crippen LogP contribution in [0.5, 0.6) is 0 Å². The molecule has 1 aliphatic rings. The smallest absolute Gasteiger partial charge is 0.256 e. The molecule has 3 aromatic rings. The van der Waals surface area contributed by atoms with Crippen LogP contribution in [0.3, 0.4) is 0 Å². The van der Waals surface area contributed by atoms with E-state index in [9.17, 15) is 18.5 Å². The molecule has 8 nitrogen and oxygen atoms in total. The molecule has 1 N–H and O–H groups in total. The molecule has 1 saturated heterocycles. The van der Waals surface area contributed by atoms with Crippen molar-refractivity contribution in [3.63, 3.8) is 0 Å². The fourth-order valence-corrected chi connectivity index (χ4v) is 6.43. The van der Waals surface area contributed by atoms with Gasteiger partial charge in [0.05, 0.1) is 6.54 Å². The lowest BCUT2D eigenvalue weighted by atomic mass is 10.1. The number of thiophene rings is 1. The number of aryl methyl sites for hydroxylation is 1. The van der Waals surface area contributed by atoms with Crippen LogP contribution < -0.4 is 5.32 Å². The number of nitriles is 1. The first-order chi connectivity index (χ1) is 14.4. The lowest BCUT2D eigenvalue weighted by Gasteiger charge is -2.13. The van der Waals surface area contributed by atoms with Crippen molar-refractivity contribution in [1.29, 1.82) is 5.26 Å². The Balaban J connectivity index is 1.50. The van der Waals surface area contributed by atoms with Gasteiger partial charge in [0.15, 0.2) is 0 Å². The molecule has 1 amide bonds. The first-order valence-electron chi connectivity index (χ1n) is 9.45. The summed E-state index contributed by atoms with van der Waals surface area (Å²) in [5, 5.41) is 12.3. The van der Waals surface area contributed by atoms with Crippen LogP contribution in [-0.4, -0.2) is 36.3 Å². The predicted molar refractivity (Wildman–Crippen MR) is 111 cm³/mol. The third-order valence-electron chi connectivity index (χ3n) is 4.96. The summed E-state index contributed by atoms with van der Waals surface area (Å²) in [6.45, 7) is 2.89. The number of rotatable bonds is 6. The average Bonchev–Trinajstić information content (AvgIpc) is 3.52. The van der Waals surface area contributed by atoms with E-state index in [1.165, 1.54) is 4.31 Å². The van der Waals surface area contributed by atoms with E-state index in [4.69, 9.17) is 4.42 Å². The summed E-state index contributed by atoms with van der Waals surface area (Å²) in [4.78, 5) is 13.5. The normalized spacial score (nSPS) is 14.7. The van der Waals surface area contributed by atoms with Crippen LogP contribution in [0, 0.1) is 18.3 Å². The van der Waals surface area contributed by atoms with Gasteiger partial charge < -0.3 is 9.73 Å². The number of hydrogen-bond donors (Lipinski definition) is 1. The number of sulfonamides is 1. The van der Waals surface area contributed by atoms with Crippen molar-refractivity contribution in [2.24, 2.45) is 0 Å². The molecule has 0 aromatic carbocycles. The van der Waals surface area contributed by atoms with Gasteiger partial charge in [0.1, 0.15) is 27.2 Å². The second-order valence-corrected chi connectivity index (χ2v) is 10.3. The van der Waals surface area contributed by atoms with Crippen LogP contribution in [-0.2, 0) is 16.6 Å². The van der Waals surface area contributed by atoms with Crippen molar-refractivity contribution in [1.82, 2.24) is 14.2 Å². The molecule has 1 aliphatic heterocycles. The standard InChI is InChI=1S/C20H20N4O4S2/c1-14-18(16(12-21)20(28-14)23-8-2-3-9-23)19(25)22-13-15-6-7-17(29-15)30(26,27)24-10-4-5-11-24/h2-3,6-9H,4-5,10-11,13H2,1H3,(H,22,25). The number of hydrogen-bond acceptors (Lipinski definition) is 6. The Labute approximate surface area is 178 Å². The zero-order valence-electron chi connectivity index (χ0n) is 16.3. The number of aromatic nitrogens is 1. The van der Waals surface area contributed by atoms with E-state index in [1.54, 1.807) is 48.1 Å². The van der Waals surface area contributed by atoms with Crippen LogP contribution in [0.1, 0.15) is 39.4 Å². The third-order valence-corrected chi connectivity index (χ3v) is 8.41. The molecule has 0 spiro atoms. The van der Waals surface area contributed by atoms with E-state index < -0.39 is 15.9 Å². The molecule has 4 rings (SSSR count). The van der Waals surface area contributed by atoms with Gasteiger partial charge in [-0.25, -0.2) is 8.42 Å². The number of furan rings is 1. The minimum absolute atomic E-state index is 0.157. The Hall–Kier alpha value is -2.87. The summed E-state index contributed by atoms with van der Waals surface area (Å²) in [6.07, 6.45) is 5.22. The summed E-state index contributed by atoms with van der Waals surface area (Å²) in [7, 11) is -3.47. The second kappa shape index (κ2) is 8.10. The monoisotopic (exact) mass is 444 g/mol. The molecule has 1 fully saturated rings. The molecule has 10 heteroatoms. The van der Waals surface area contributed by atoms with Crippen LogP contribution in [0.4, 0.5) is 0 Å². The molecule has 0 saturated carbocycles. The second-order valence-electron chi connectivity index (χ2n) is 6.93. The SMILES string of the molecule is Cc1oc(-n2cccc2)c(C#N)c1C(=O)NCc1ccc(S(=O)(=O)N2CCCC2)s1. The summed E-state index contributed by atoms with van der Waals surface area (Å²) < 4.78 is 34.4. The highest BCUT2D eigenvalue weighted by atomic mass is 32.2. The fourth-order valence-electron chi connectivity index (χ4n) is 3.46. The molecule has 30 heavy (non-hydrogen) atoms. The van der Waals surface area contributed by atoms with E-state index in [-0.39, 0.29) is 21.9 Å². The highest BCUT2D eigenvalue weighted by Crippen LogP contribution is 2.28. The third kappa shape index (κ3) is 3.67. The quantitative estimate of drug-likeness (QED) is 0.629. The van der Waals surface area contributed by atoms with Crippen molar-refractivity contribution < 1.29 is 17.6 Å². The highest BCUT2D eigenvalue weighted by Gasteiger charge is 2.29. The topological polar surface area (TPSA) is 108 Å². The highest BCUT2D eigenvalue weighted by molar-refractivity contribution is 7.91. The zero-order chi connectivity index (χ0) is 21.3. The zero-order valence-corrected chi connectivity index (χ0v) is 17.9. The largest absolute Gasteiger partial charge is 0.443 e. The van der Waals surface area contributed by atoms with Crippen molar-refractivity contribution in [2.45, 2.75) is 30.5 Å². The predicted octanol–water partition coefficient (Wildman–Crippen LogP) is 3.03. The molecule has 4 heterocycles. The summed E-state index contributed by atoms with van der Waals surface area (Å²) >= 11 is 1.14. The molecule has 0 aliphatic carbocycles. The minimum atomic E-state index is -3.47. The summed E-state index contributed by atoms with van der Waals surface area (Å²) in [6, 6.07) is 8.92. The number of carbonyl (C=O) groups excluding carboxylic acids is 1. The molecule has 156 valence electrons. The molecule has 0 atom stereocenters. The van der Waals surface area contributed by atoms with E-state index in [0.717, 1.165) is 24.2 Å². The van der Waals surface area contributed by atoms with Crippen molar-refractivity contribution >= 4 is 27.3 Å². The molecule has 3 aromatic heterocycles. The molecular weight excluding hydrogens is 424 g/mol. The maximum Gasteiger partial charge on any atom is 0.256 e. The van der Waals surface area contributed by atoms with Crippen LogP contribution >= 0.6 is 11.3 Å². The number of nitrogens with zero attached hydrogens (tertiary/aromatic N) is 3. The van der Waals surface area contributed by atoms with E-state index in [0.29, 0.717) is 29.6 Å². The van der Waals surface area contributed by atoms with Gasteiger partial charge in [-0.2, -0.15) is 9.57 Å². The van der Waals surface area contributed by atoms with E-state index >= 15 is 0 Å². The van der Waals surface area contributed by atoms with E-state index in [2.05, 4.69) is 5.32 Å². The number of nitrogens with one attached hydrogen (secondary N) is 1. The van der Waals surface area contributed by atoms with Gasteiger partial charge in [-0.15, -0.1) is 11.3 Å². The summed E-state index contributed by atoms with van der Waals surface area (Å²) in [5.74, 6) is 0.194. The first-order valence-corrected chi connectivity index (χ1v) is 11.7. The van der Waals surface area contributed by atoms with Crippen molar-refractivity contribution in [2.75, 3.05) is 13.1 Å². The Bertz CT molecular complexity index is 1210. The maximum atomic E-state index is 12.8. The first kappa shape index (κ1) is 20.4. The minimum Gasteiger partial charge on any atom is -0.443 e. The van der Waals surface area contributed by atoms with Crippen LogP contribution in [0.25, 0.3) is 5.88 Å². The lowest BCUT2D eigenvalue weighted by Crippen LogP contribution is -2.27. The lowest BCUT2D eigenvalue weighted by molar-refractivity contribution is 0.0949. The van der Waals surface area contributed by atoms with Gasteiger partial charge in [-0.3, -0.25) is 9.36 Å². The van der Waals surface area contributed by atoms with Gasteiger partial charge in [0.2, 0.25) is 5.88 Å². The van der Waals surface area contributed by atoms with E-state index in [1.807, 2.05) is 6.07 Å². The molecular formula is C20H20N4O4S2. The number of carbonyl (C=O) groups is 1. The van der Waals surface area contributed by atoms with Gasteiger partial charge >= 0.3 is 0 Å². The Kier molecular flexibility index (Phi) is 5.51. The number of amides is 1. The fraction of sp³-hybridized carbons (Fsp3) is 0.300. The molecule has 0 unspecified atom stereocenters. The van der Waals surface area contributed by atoms with Crippen LogP contribution in [0.15, 0.2) is 45.3 Å². The van der Waals surface area contributed by atoms with Gasteiger partial charge in [-0.1, -0.05) is 0 Å². The average molecular weight is 445 g/mol. The Morgan fingerprint density at radius 3 is 2.63 bits per heavy atom. The van der Waals surface area contributed by atoms with Crippen molar-refractivity contribution in [3.8, 4) is 12.0 Å². The van der Waals surface area contributed by atoms with Gasteiger partial charge in [0.25, 0.3) is 15.9 Å². The Morgan fingerprint density at radius 2 is 1.97 bits per heavy atom. The molecule has 0 radical (unpaired) electrons. The molecule has 0 bridgehead atoms. The van der Waals surface area contributed by atoms with Gasteiger partial charge in [-0.05, 0) is 44.0 Å². The van der Waals surface area contributed by atoms with Crippen molar-refractivity contribution in [3.05, 3.63) is 58.4 Å². The Morgan fingerprint density at radius 1 is 1.27 bits per heavy atom. The van der Waals surface area contributed by atoms with Gasteiger partial charge in [0, 0.05) is 30.4 Å². The maximum absolute atomic E-state index is 12.8.